The number of hydrogen-bond donors (Lipinski definition) is 1. The van der Waals surface area contributed by atoms with Crippen LogP contribution in [0.5, 0.6) is 0 Å². The van der Waals surface area contributed by atoms with Crippen molar-refractivity contribution in [2.75, 3.05) is 0 Å². The van der Waals surface area contributed by atoms with Crippen LogP contribution in [0.4, 0.5) is 5.69 Å². The van der Waals surface area contributed by atoms with E-state index in [1.54, 1.807) is 6.07 Å². The molecule has 1 rings (SSSR count). The highest BCUT2D eigenvalue weighted by molar-refractivity contribution is 6.31. The lowest BCUT2D eigenvalue weighted by Crippen LogP contribution is -2.27. The Morgan fingerprint density at radius 1 is 1.61 bits per heavy atom. The highest BCUT2D eigenvalue weighted by Gasteiger charge is 2.11. The monoisotopic (exact) mass is 266 g/mol. The molecule has 0 aliphatic heterocycles. The second-order valence-corrected chi connectivity index (χ2v) is 4.33. The molecule has 1 atom stereocenters. The largest absolute Gasteiger partial charge is 0.309 e. The standard InChI is InChI=1S/C13H15ClN2O2/c1-3-5-11(4-2)15-9-10-8-12(16(17)18)6-7-13(10)14/h1,6-8,11,15H,4-5,9H2,2H3. The SMILES string of the molecule is C#CCC(CC)NCc1cc([N+](=O)[O-])ccc1Cl. The maximum absolute atomic E-state index is 10.7. The summed E-state index contributed by atoms with van der Waals surface area (Å²) in [6.45, 7) is 2.50. The molecule has 0 bridgehead atoms. The van der Waals surface area contributed by atoms with Gasteiger partial charge in [0.25, 0.3) is 5.69 Å². The molecule has 1 aromatic carbocycles. The lowest BCUT2D eigenvalue weighted by atomic mass is 10.1. The van der Waals surface area contributed by atoms with Crippen LogP contribution in [-0.2, 0) is 6.54 Å². The van der Waals surface area contributed by atoms with Gasteiger partial charge in [-0.05, 0) is 18.1 Å². The Labute approximate surface area is 111 Å². The van der Waals surface area contributed by atoms with Gasteiger partial charge in [0.2, 0.25) is 0 Å². The van der Waals surface area contributed by atoms with Gasteiger partial charge in [-0.3, -0.25) is 10.1 Å². The smallest absolute Gasteiger partial charge is 0.269 e. The molecule has 0 heterocycles. The van der Waals surface area contributed by atoms with Crippen molar-refractivity contribution in [3.8, 4) is 12.3 Å². The van der Waals surface area contributed by atoms with Crippen LogP contribution in [0.1, 0.15) is 25.3 Å². The van der Waals surface area contributed by atoms with E-state index >= 15 is 0 Å². The Hall–Kier alpha value is -1.57. The molecule has 4 nitrogen and oxygen atoms in total. The zero-order valence-electron chi connectivity index (χ0n) is 10.1. The maximum Gasteiger partial charge on any atom is 0.269 e. The van der Waals surface area contributed by atoms with E-state index in [2.05, 4.69) is 11.2 Å². The molecule has 0 saturated heterocycles. The molecule has 0 spiro atoms. The van der Waals surface area contributed by atoms with Gasteiger partial charge in [0.1, 0.15) is 0 Å². The second kappa shape index (κ2) is 7.00. The third kappa shape index (κ3) is 4.02. The molecule has 0 aliphatic carbocycles. The van der Waals surface area contributed by atoms with Gasteiger partial charge >= 0.3 is 0 Å². The Balaban J connectivity index is 2.74. The minimum atomic E-state index is -0.432. The van der Waals surface area contributed by atoms with Crippen LogP contribution in [0.2, 0.25) is 5.02 Å². The first-order valence-electron chi connectivity index (χ1n) is 5.68. The van der Waals surface area contributed by atoms with Crippen LogP contribution in [-0.4, -0.2) is 11.0 Å². The summed E-state index contributed by atoms with van der Waals surface area (Å²) in [6, 6.07) is 4.62. The van der Waals surface area contributed by atoms with E-state index in [1.165, 1.54) is 12.1 Å². The molecule has 18 heavy (non-hydrogen) atoms. The average molecular weight is 267 g/mol. The molecule has 0 amide bonds. The minimum absolute atomic E-state index is 0.0428. The molecule has 0 aromatic heterocycles. The quantitative estimate of drug-likeness (QED) is 0.489. The number of rotatable bonds is 6. The molecule has 1 unspecified atom stereocenters. The molecular weight excluding hydrogens is 252 g/mol. The summed E-state index contributed by atoms with van der Waals surface area (Å²) in [7, 11) is 0. The van der Waals surface area contributed by atoms with Gasteiger partial charge in [0, 0.05) is 36.2 Å². The molecule has 0 fully saturated rings. The van der Waals surface area contributed by atoms with E-state index in [1.807, 2.05) is 6.92 Å². The Kier molecular flexibility index (Phi) is 5.63. The fraction of sp³-hybridized carbons (Fsp3) is 0.385. The van der Waals surface area contributed by atoms with Crippen molar-refractivity contribution in [1.82, 2.24) is 5.32 Å². The molecule has 0 radical (unpaired) electrons. The highest BCUT2D eigenvalue weighted by Crippen LogP contribution is 2.22. The third-order valence-electron chi connectivity index (χ3n) is 2.68. The lowest BCUT2D eigenvalue weighted by Gasteiger charge is -2.14. The average Bonchev–Trinajstić information content (AvgIpc) is 2.35. The van der Waals surface area contributed by atoms with Gasteiger partial charge in [-0.2, -0.15) is 0 Å². The van der Waals surface area contributed by atoms with Gasteiger partial charge in [-0.1, -0.05) is 18.5 Å². The predicted molar refractivity (Wildman–Crippen MR) is 72.5 cm³/mol. The molecule has 0 aliphatic rings. The van der Waals surface area contributed by atoms with Crippen LogP contribution in [0, 0.1) is 22.5 Å². The topological polar surface area (TPSA) is 55.2 Å². The summed E-state index contributed by atoms with van der Waals surface area (Å²) in [5.74, 6) is 2.60. The lowest BCUT2D eigenvalue weighted by molar-refractivity contribution is -0.384. The van der Waals surface area contributed by atoms with Crippen molar-refractivity contribution in [1.29, 1.82) is 0 Å². The molecule has 1 aromatic rings. The van der Waals surface area contributed by atoms with Gasteiger partial charge in [0.15, 0.2) is 0 Å². The van der Waals surface area contributed by atoms with Crippen molar-refractivity contribution in [2.24, 2.45) is 0 Å². The van der Waals surface area contributed by atoms with Gasteiger partial charge in [-0.25, -0.2) is 0 Å². The van der Waals surface area contributed by atoms with Gasteiger partial charge < -0.3 is 5.32 Å². The van der Waals surface area contributed by atoms with E-state index in [0.29, 0.717) is 23.6 Å². The van der Waals surface area contributed by atoms with Crippen LogP contribution < -0.4 is 5.32 Å². The summed E-state index contributed by atoms with van der Waals surface area (Å²) in [5.41, 5.74) is 0.752. The fourth-order valence-corrected chi connectivity index (χ4v) is 1.75. The summed E-state index contributed by atoms with van der Waals surface area (Å²) in [4.78, 5) is 10.2. The number of hydrogen-bond acceptors (Lipinski definition) is 3. The second-order valence-electron chi connectivity index (χ2n) is 3.93. The number of terminal acetylenes is 1. The summed E-state index contributed by atoms with van der Waals surface area (Å²) in [6.07, 6.45) is 6.79. The Morgan fingerprint density at radius 3 is 2.89 bits per heavy atom. The number of nitro benzene ring substituents is 1. The van der Waals surface area contributed by atoms with Crippen molar-refractivity contribution < 1.29 is 4.92 Å². The van der Waals surface area contributed by atoms with E-state index in [9.17, 15) is 10.1 Å². The molecular formula is C13H15ClN2O2. The van der Waals surface area contributed by atoms with Crippen molar-refractivity contribution in [3.63, 3.8) is 0 Å². The zero-order valence-corrected chi connectivity index (χ0v) is 10.9. The summed E-state index contributed by atoms with van der Waals surface area (Å²) in [5, 5.41) is 14.4. The summed E-state index contributed by atoms with van der Waals surface area (Å²) >= 11 is 6.00. The number of halogens is 1. The van der Waals surface area contributed by atoms with Crippen LogP contribution >= 0.6 is 11.6 Å². The predicted octanol–water partition coefficient (Wildman–Crippen LogP) is 3.14. The number of nitrogens with one attached hydrogen (secondary N) is 1. The van der Waals surface area contributed by atoms with Gasteiger partial charge in [-0.15, -0.1) is 12.3 Å². The minimum Gasteiger partial charge on any atom is -0.309 e. The summed E-state index contributed by atoms with van der Waals surface area (Å²) < 4.78 is 0. The number of non-ortho nitro benzene ring substituents is 1. The molecule has 1 N–H and O–H groups in total. The van der Waals surface area contributed by atoms with Crippen LogP contribution in [0.25, 0.3) is 0 Å². The van der Waals surface area contributed by atoms with E-state index < -0.39 is 4.92 Å². The number of benzene rings is 1. The van der Waals surface area contributed by atoms with E-state index in [4.69, 9.17) is 18.0 Å². The molecule has 0 saturated carbocycles. The first kappa shape index (κ1) is 14.5. The van der Waals surface area contributed by atoms with Gasteiger partial charge in [0.05, 0.1) is 4.92 Å². The van der Waals surface area contributed by atoms with Crippen LogP contribution in [0.15, 0.2) is 18.2 Å². The maximum atomic E-state index is 10.7. The Morgan fingerprint density at radius 2 is 2.33 bits per heavy atom. The van der Waals surface area contributed by atoms with Crippen molar-refractivity contribution >= 4 is 17.3 Å². The van der Waals surface area contributed by atoms with Crippen molar-refractivity contribution in [3.05, 3.63) is 38.9 Å². The fourth-order valence-electron chi connectivity index (χ4n) is 1.57. The number of nitrogens with zero attached hydrogens (tertiary/aromatic N) is 1. The van der Waals surface area contributed by atoms with Crippen LogP contribution in [0.3, 0.4) is 0 Å². The van der Waals surface area contributed by atoms with Crippen molar-refractivity contribution in [2.45, 2.75) is 32.4 Å². The third-order valence-corrected chi connectivity index (χ3v) is 3.05. The van der Waals surface area contributed by atoms with E-state index in [0.717, 1.165) is 6.42 Å². The molecule has 96 valence electrons. The highest BCUT2D eigenvalue weighted by atomic mass is 35.5. The van der Waals surface area contributed by atoms with E-state index in [-0.39, 0.29) is 11.7 Å². The zero-order chi connectivity index (χ0) is 13.5. The molecule has 5 heteroatoms. The first-order valence-corrected chi connectivity index (χ1v) is 6.06. The Bertz CT molecular complexity index is 469. The number of nitro groups is 1. The normalized spacial score (nSPS) is 11.8. The first-order chi connectivity index (χ1) is 8.58.